The molecule has 3 aliphatic heterocycles. The highest BCUT2D eigenvalue weighted by molar-refractivity contribution is 5.98. The Kier molecular flexibility index (Phi) is 12.2. The van der Waals surface area contributed by atoms with Crippen LogP contribution in [-0.4, -0.2) is 101 Å². The van der Waals surface area contributed by atoms with E-state index in [-0.39, 0.29) is 50.0 Å². The molecule has 3 heterocycles. The maximum absolute atomic E-state index is 14.7. The maximum Gasteiger partial charge on any atom is 0.313 e. The number of fused-ring (bicyclic) bond motifs is 1. The highest BCUT2D eigenvalue weighted by Crippen LogP contribution is 2.59. The minimum Gasteiger partial charge on any atom is -0.455 e. The molecular weight excluding hydrogens is 626 g/mol. The van der Waals surface area contributed by atoms with Crippen molar-refractivity contribution in [3.05, 3.63) is 61.2 Å². The number of carbonyl (C=O) groups is 4. The van der Waals surface area contributed by atoms with Crippen LogP contribution in [-0.2, 0) is 33.4 Å². The number of benzene rings is 1. The molecule has 0 saturated carbocycles. The number of nitrogens with one attached hydrogen (secondary N) is 1. The van der Waals surface area contributed by atoms with Gasteiger partial charge in [0.05, 0.1) is 37.2 Å². The average molecular weight is 682 g/mol. The highest BCUT2D eigenvalue weighted by atomic mass is 16.6. The van der Waals surface area contributed by atoms with E-state index < -0.39 is 59.1 Å². The Morgan fingerprint density at radius 2 is 1.86 bits per heavy atom. The number of amides is 3. The minimum atomic E-state index is -1.26. The summed E-state index contributed by atoms with van der Waals surface area (Å²) in [5, 5.41) is 13.0. The molecular formula is C38H55N3O8. The van der Waals surface area contributed by atoms with E-state index in [9.17, 15) is 24.3 Å². The molecule has 0 unspecified atom stereocenters. The Balaban J connectivity index is 1.70. The molecule has 7 atom stereocenters. The average Bonchev–Trinajstić information content (AvgIpc) is 3.67. The van der Waals surface area contributed by atoms with Gasteiger partial charge < -0.3 is 34.4 Å². The van der Waals surface area contributed by atoms with E-state index in [0.29, 0.717) is 31.2 Å². The van der Waals surface area contributed by atoms with E-state index in [1.807, 2.05) is 32.0 Å². The summed E-state index contributed by atoms with van der Waals surface area (Å²) in [6.45, 7) is 17.8. The van der Waals surface area contributed by atoms with Crippen molar-refractivity contribution in [1.82, 2.24) is 15.1 Å². The molecule has 11 heteroatoms. The van der Waals surface area contributed by atoms with Crippen molar-refractivity contribution in [2.75, 3.05) is 33.4 Å². The summed E-state index contributed by atoms with van der Waals surface area (Å²) in [4.78, 5) is 59.4. The lowest BCUT2D eigenvalue weighted by atomic mass is 9.70. The van der Waals surface area contributed by atoms with Gasteiger partial charge in [-0.2, -0.15) is 0 Å². The van der Waals surface area contributed by atoms with Crippen LogP contribution in [0.2, 0.25) is 0 Å². The Bertz CT molecular complexity index is 1370. The monoisotopic (exact) mass is 681 g/mol. The van der Waals surface area contributed by atoms with Gasteiger partial charge in [-0.15, -0.1) is 13.2 Å². The van der Waals surface area contributed by atoms with Gasteiger partial charge in [-0.25, -0.2) is 0 Å². The van der Waals surface area contributed by atoms with Crippen molar-refractivity contribution < 1.29 is 38.5 Å². The zero-order valence-corrected chi connectivity index (χ0v) is 30.0. The van der Waals surface area contributed by atoms with Crippen LogP contribution in [0.25, 0.3) is 0 Å². The fourth-order valence-corrected chi connectivity index (χ4v) is 8.48. The first-order chi connectivity index (χ1) is 23.2. The number of β-amino-alcohol motifs (C(OH)–C–C–N with tert-alkyl or cyclic N) is 1. The zero-order chi connectivity index (χ0) is 36.1. The van der Waals surface area contributed by atoms with Gasteiger partial charge in [0.15, 0.2) is 0 Å². The lowest BCUT2D eigenvalue weighted by Crippen LogP contribution is -2.61. The molecule has 2 bridgehead atoms. The number of aliphatic hydroxyl groups excluding tert-OH is 1. The first-order valence-corrected chi connectivity index (χ1v) is 17.3. The minimum absolute atomic E-state index is 0.0634. The van der Waals surface area contributed by atoms with Crippen LogP contribution in [0.3, 0.4) is 0 Å². The molecule has 270 valence electrons. The Labute approximate surface area is 291 Å². The number of carbonyl (C=O) groups excluding carboxylic acids is 4. The molecule has 1 aromatic rings. The second-order valence-electron chi connectivity index (χ2n) is 15.3. The summed E-state index contributed by atoms with van der Waals surface area (Å²) in [7, 11) is 1.50. The van der Waals surface area contributed by atoms with E-state index in [0.717, 1.165) is 0 Å². The van der Waals surface area contributed by atoms with Crippen molar-refractivity contribution in [3.8, 4) is 0 Å². The fourth-order valence-electron chi connectivity index (χ4n) is 8.48. The van der Waals surface area contributed by atoms with Crippen LogP contribution in [0.5, 0.6) is 0 Å². The number of methoxy groups -OCH3 is 1. The topological polar surface area (TPSA) is 135 Å². The lowest BCUT2D eigenvalue weighted by Gasteiger charge is -2.45. The van der Waals surface area contributed by atoms with Gasteiger partial charge >= 0.3 is 5.97 Å². The first-order valence-electron chi connectivity index (χ1n) is 17.3. The Hall–Kier alpha value is -3.54. The summed E-state index contributed by atoms with van der Waals surface area (Å²) in [6.07, 6.45) is 4.01. The first kappa shape index (κ1) is 38.3. The third-order valence-corrected chi connectivity index (χ3v) is 9.92. The molecule has 4 rings (SSSR count). The van der Waals surface area contributed by atoms with Gasteiger partial charge in [-0.3, -0.25) is 19.2 Å². The molecule has 2 N–H and O–H groups in total. The number of allylic oxidation sites excluding steroid dienone is 1. The number of hydrogen-bond acceptors (Lipinski definition) is 8. The number of likely N-dealkylation sites (tertiary alicyclic amines) is 1. The van der Waals surface area contributed by atoms with E-state index >= 15 is 0 Å². The van der Waals surface area contributed by atoms with Crippen LogP contribution >= 0.6 is 0 Å². The summed E-state index contributed by atoms with van der Waals surface area (Å²) < 4.78 is 18.3. The van der Waals surface area contributed by atoms with Crippen molar-refractivity contribution >= 4 is 23.7 Å². The van der Waals surface area contributed by atoms with Gasteiger partial charge in [0, 0.05) is 32.2 Å². The predicted molar refractivity (Wildman–Crippen MR) is 185 cm³/mol. The standard InChI is InChI=1S/C38H55N3O8/c1-9-11-17-28(43)39-26(23-47-8)31(25-15-13-12-14-16-25)48-35(46)29-27-18-19-38(49-27)30(29)33(44)40(21-22-42)32(38)34(45)41(20-10-2)37(6,7)24-36(3,4)5/h9-10,12-16,26-27,29-32,42H,1-2,11,17-24H2,3-8H3,(H,39,43)/t26-,27-,29+,30+,31-,32-,38+/m1/s1. The third kappa shape index (κ3) is 7.94. The van der Waals surface area contributed by atoms with E-state index in [1.165, 1.54) is 12.0 Å². The Morgan fingerprint density at radius 1 is 1.16 bits per heavy atom. The van der Waals surface area contributed by atoms with Gasteiger partial charge in [-0.05, 0) is 50.5 Å². The predicted octanol–water partition coefficient (Wildman–Crippen LogP) is 3.96. The van der Waals surface area contributed by atoms with Gasteiger partial charge in [0.25, 0.3) is 0 Å². The van der Waals surface area contributed by atoms with Gasteiger partial charge in [0.1, 0.15) is 17.7 Å². The van der Waals surface area contributed by atoms with Crippen LogP contribution in [0.15, 0.2) is 55.6 Å². The van der Waals surface area contributed by atoms with Crippen LogP contribution < -0.4 is 5.32 Å². The second kappa shape index (κ2) is 15.6. The third-order valence-electron chi connectivity index (χ3n) is 9.92. The molecule has 3 aliphatic rings. The summed E-state index contributed by atoms with van der Waals surface area (Å²) in [5.41, 5.74) is -1.31. The molecule has 49 heavy (non-hydrogen) atoms. The van der Waals surface area contributed by atoms with E-state index in [2.05, 4.69) is 39.2 Å². The van der Waals surface area contributed by atoms with Gasteiger partial charge in [-0.1, -0.05) is 63.3 Å². The normalized spacial score (nSPS) is 25.8. The number of ether oxygens (including phenoxy) is 3. The molecule has 3 amide bonds. The van der Waals surface area contributed by atoms with Gasteiger partial charge in [0.2, 0.25) is 17.7 Å². The highest BCUT2D eigenvalue weighted by Gasteiger charge is 2.75. The smallest absolute Gasteiger partial charge is 0.313 e. The summed E-state index contributed by atoms with van der Waals surface area (Å²) in [5.74, 6) is -3.56. The fraction of sp³-hybridized carbons (Fsp3) is 0.632. The second-order valence-corrected chi connectivity index (χ2v) is 15.3. The van der Waals surface area contributed by atoms with Crippen molar-refractivity contribution in [1.29, 1.82) is 0 Å². The summed E-state index contributed by atoms with van der Waals surface area (Å²) in [6, 6.07) is 7.33. The zero-order valence-electron chi connectivity index (χ0n) is 30.0. The Morgan fingerprint density at radius 3 is 2.45 bits per heavy atom. The number of hydrogen-bond donors (Lipinski definition) is 2. The number of esters is 1. The summed E-state index contributed by atoms with van der Waals surface area (Å²) >= 11 is 0. The van der Waals surface area contributed by atoms with E-state index in [1.54, 1.807) is 29.2 Å². The molecule has 1 spiro atoms. The lowest BCUT2D eigenvalue weighted by molar-refractivity contribution is -0.163. The maximum atomic E-state index is 14.7. The quantitative estimate of drug-likeness (QED) is 0.187. The number of aliphatic hydroxyl groups is 1. The number of rotatable bonds is 17. The molecule has 11 nitrogen and oxygen atoms in total. The molecule has 0 radical (unpaired) electrons. The number of nitrogens with zero attached hydrogens (tertiary/aromatic N) is 2. The van der Waals surface area contributed by atoms with Crippen molar-refractivity contribution in [3.63, 3.8) is 0 Å². The SMILES string of the molecule is C=CCCC(=O)N[C@H](COC)[C@H](OC(=O)[C@@H]1[C@H]2C(=O)N(CCO)[C@H](C(=O)N(CC=C)C(C)(C)CC(C)(C)C)[C@]23CC[C@H]1O3)c1ccccc1. The van der Waals surface area contributed by atoms with Crippen molar-refractivity contribution in [2.45, 2.75) is 102 Å². The molecule has 0 aliphatic carbocycles. The molecule has 3 saturated heterocycles. The molecule has 1 aromatic carbocycles. The largest absolute Gasteiger partial charge is 0.455 e. The molecule has 3 fully saturated rings. The van der Waals surface area contributed by atoms with Crippen LogP contribution in [0.1, 0.15) is 78.4 Å². The van der Waals surface area contributed by atoms with Crippen molar-refractivity contribution in [2.24, 2.45) is 17.3 Å². The van der Waals surface area contributed by atoms with Crippen LogP contribution in [0, 0.1) is 17.3 Å². The van der Waals surface area contributed by atoms with E-state index in [4.69, 9.17) is 14.2 Å². The van der Waals surface area contributed by atoms with Crippen LogP contribution in [0.4, 0.5) is 0 Å². The molecule has 0 aromatic heterocycles.